The molecule has 1 saturated heterocycles. The molecule has 1 aromatic carbocycles. The van der Waals surface area contributed by atoms with Crippen molar-refractivity contribution in [2.24, 2.45) is 0 Å². The number of rotatable bonds is 6. The number of carbonyl (C=O) groups is 2. The minimum absolute atomic E-state index is 0.0589. The maximum absolute atomic E-state index is 12.7. The van der Waals surface area contributed by atoms with Gasteiger partial charge in [0.1, 0.15) is 5.75 Å². The van der Waals surface area contributed by atoms with Crippen molar-refractivity contribution in [3.63, 3.8) is 0 Å². The molecule has 1 atom stereocenters. The van der Waals surface area contributed by atoms with Crippen LogP contribution in [0.3, 0.4) is 0 Å². The first kappa shape index (κ1) is 17.7. The summed E-state index contributed by atoms with van der Waals surface area (Å²) in [6, 6.07) is 11.8. The van der Waals surface area contributed by atoms with E-state index in [9.17, 15) is 9.59 Å². The zero-order valence-electron chi connectivity index (χ0n) is 14.7. The van der Waals surface area contributed by atoms with Crippen LogP contribution < -0.4 is 4.74 Å². The fourth-order valence-corrected chi connectivity index (χ4v) is 4.17. The van der Waals surface area contributed by atoms with Gasteiger partial charge in [-0.3, -0.25) is 9.59 Å². The van der Waals surface area contributed by atoms with Crippen molar-refractivity contribution in [2.45, 2.75) is 38.6 Å². The van der Waals surface area contributed by atoms with E-state index in [-0.39, 0.29) is 30.6 Å². The molecule has 25 heavy (non-hydrogen) atoms. The maximum Gasteiger partial charge on any atom is 0.223 e. The van der Waals surface area contributed by atoms with E-state index >= 15 is 0 Å². The Morgan fingerprint density at radius 3 is 2.80 bits per heavy atom. The first-order chi connectivity index (χ1) is 12.1. The van der Waals surface area contributed by atoms with Crippen LogP contribution in [0.5, 0.6) is 5.75 Å². The van der Waals surface area contributed by atoms with Crippen molar-refractivity contribution >= 4 is 23.0 Å². The molecule has 0 saturated carbocycles. The Hall–Kier alpha value is -2.14. The van der Waals surface area contributed by atoms with Gasteiger partial charge in [-0.25, -0.2) is 0 Å². The normalized spacial score (nSPS) is 16.9. The van der Waals surface area contributed by atoms with Crippen molar-refractivity contribution in [3.05, 3.63) is 51.7 Å². The molecule has 4 nitrogen and oxygen atoms in total. The molecule has 1 aliphatic heterocycles. The van der Waals surface area contributed by atoms with E-state index in [0.717, 1.165) is 40.5 Å². The number of ketones is 1. The van der Waals surface area contributed by atoms with Crippen LogP contribution in [0, 0.1) is 6.92 Å². The minimum atomic E-state index is 0.0589. The summed E-state index contributed by atoms with van der Waals surface area (Å²) in [4.78, 5) is 28.7. The van der Waals surface area contributed by atoms with Gasteiger partial charge in [0.25, 0.3) is 0 Å². The molecule has 5 heteroatoms. The molecule has 0 radical (unpaired) electrons. The summed E-state index contributed by atoms with van der Waals surface area (Å²) in [5.74, 6) is 0.926. The lowest BCUT2D eigenvalue weighted by atomic mass is 10.0. The Labute approximate surface area is 152 Å². The number of carbonyl (C=O) groups excluding carboxylic acids is 2. The molecule has 1 amide bonds. The number of thiophene rings is 1. The molecule has 2 heterocycles. The SMILES string of the molecule is COc1cccc(C2CCCN2C(=O)CCC(=O)c2ccc(C)s2)c1. The average molecular weight is 357 g/mol. The first-order valence-corrected chi connectivity index (χ1v) is 9.43. The van der Waals surface area contributed by atoms with Gasteiger partial charge in [0.15, 0.2) is 5.78 Å². The molecule has 0 aliphatic carbocycles. The highest BCUT2D eigenvalue weighted by Crippen LogP contribution is 2.34. The molecule has 1 fully saturated rings. The standard InChI is InChI=1S/C20H23NO3S/c1-14-8-10-19(25-14)18(22)9-11-20(23)21-12-4-7-17(21)15-5-3-6-16(13-15)24-2/h3,5-6,8,10,13,17H,4,7,9,11-12H2,1-2H3. The molecule has 1 aromatic heterocycles. The molecule has 1 aliphatic rings. The summed E-state index contributed by atoms with van der Waals surface area (Å²) in [5.41, 5.74) is 1.10. The van der Waals surface area contributed by atoms with Crippen LogP contribution in [0.1, 0.15) is 51.8 Å². The molecule has 2 aromatic rings. The monoisotopic (exact) mass is 357 g/mol. The lowest BCUT2D eigenvalue weighted by Gasteiger charge is -2.25. The van der Waals surface area contributed by atoms with E-state index in [0.29, 0.717) is 0 Å². The van der Waals surface area contributed by atoms with Crippen molar-refractivity contribution in [1.29, 1.82) is 0 Å². The second-order valence-electron chi connectivity index (χ2n) is 6.36. The third-order valence-corrected chi connectivity index (χ3v) is 5.67. The number of nitrogens with zero attached hydrogens (tertiary/aromatic N) is 1. The van der Waals surface area contributed by atoms with Gasteiger partial charge in [-0.1, -0.05) is 12.1 Å². The van der Waals surface area contributed by atoms with Crippen molar-refractivity contribution in [2.75, 3.05) is 13.7 Å². The summed E-state index contributed by atoms with van der Waals surface area (Å²) in [6.07, 6.45) is 2.50. The first-order valence-electron chi connectivity index (χ1n) is 8.61. The van der Waals surface area contributed by atoms with Gasteiger partial charge < -0.3 is 9.64 Å². The Kier molecular flexibility index (Phi) is 5.53. The second kappa shape index (κ2) is 7.83. The molecule has 0 N–H and O–H groups in total. The Morgan fingerprint density at radius 1 is 1.24 bits per heavy atom. The lowest BCUT2D eigenvalue weighted by molar-refractivity contribution is -0.132. The zero-order valence-corrected chi connectivity index (χ0v) is 15.5. The van der Waals surface area contributed by atoms with Crippen LogP contribution >= 0.6 is 11.3 Å². The van der Waals surface area contributed by atoms with E-state index < -0.39 is 0 Å². The van der Waals surface area contributed by atoms with Gasteiger partial charge in [-0.2, -0.15) is 0 Å². The van der Waals surface area contributed by atoms with Gasteiger partial charge in [0.2, 0.25) is 5.91 Å². The van der Waals surface area contributed by atoms with E-state index in [1.807, 2.05) is 48.2 Å². The van der Waals surface area contributed by atoms with Gasteiger partial charge in [-0.15, -0.1) is 11.3 Å². The average Bonchev–Trinajstić information content (AvgIpc) is 3.28. The quantitative estimate of drug-likeness (QED) is 0.720. The number of Topliss-reactive ketones (excluding diaryl/α,β-unsaturated/α-hetero) is 1. The van der Waals surface area contributed by atoms with Crippen molar-refractivity contribution in [3.8, 4) is 5.75 Å². The number of methoxy groups -OCH3 is 1. The molecule has 3 rings (SSSR count). The number of amides is 1. The molecule has 132 valence electrons. The Bertz CT molecular complexity index is 768. The zero-order chi connectivity index (χ0) is 17.8. The second-order valence-corrected chi connectivity index (χ2v) is 7.64. The van der Waals surface area contributed by atoms with E-state index in [1.165, 1.54) is 11.3 Å². The third-order valence-electron chi connectivity index (χ3n) is 4.63. The number of benzene rings is 1. The lowest BCUT2D eigenvalue weighted by Crippen LogP contribution is -2.30. The van der Waals surface area contributed by atoms with E-state index in [1.54, 1.807) is 7.11 Å². The molecular formula is C20H23NO3S. The van der Waals surface area contributed by atoms with Crippen molar-refractivity contribution in [1.82, 2.24) is 4.90 Å². The predicted molar refractivity (Wildman–Crippen MR) is 99.3 cm³/mol. The van der Waals surface area contributed by atoms with Crippen LogP contribution in [0.4, 0.5) is 0 Å². The largest absolute Gasteiger partial charge is 0.497 e. The summed E-state index contributed by atoms with van der Waals surface area (Å²) in [6.45, 7) is 2.74. The summed E-state index contributed by atoms with van der Waals surface area (Å²) in [7, 11) is 1.65. The number of ether oxygens (including phenoxy) is 1. The van der Waals surface area contributed by atoms with E-state index in [4.69, 9.17) is 4.74 Å². The van der Waals surface area contributed by atoms with Crippen LogP contribution in [0.2, 0.25) is 0 Å². The van der Waals surface area contributed by atoms with Gasteiger partial charge in [0, 0.05) is 24.3 Å². The Morgan fingerprint density at radius 2 is 2.08 bits per heavy atom. The highest BCUT2D eigenvalue weighted by Gasteiger charge is 2.30. The minimum Gasteiger partial charge on any atom is -0.497 e. The summed E-state index contributed by atoms with van der Waals surface area (Å²) >= 11 is 1.49. The van der Waals surface area contributed by atoms with Gasteiger partial charge >= 0.3 is 0 Å². The number of aryl methyl sites for hydroxylation is 1. The maximum atomic E-state index is 12.7. The highest BCUT2D eigenvalue weighted by molar-refractivity contribution is 7.14. The fraction of sp³-hybridized carbons (Fsp3) is 0.400. The molecule has 0 bridgehead atoms. The van der Waals surface area contributed by atoms with Gasteiger partial charge in [0.05, 0.1) is 18.0 Å². The van der Waals surface area contributed by atoms with Crippen molar-refractivity contribution < 1.29 is 14.3 Å². The van der Waals surface area contributed by atoms with Gasteiger partial charge in [-0.05, 0) is 49.6 Å². The molecule has 1 unspecified atom stereocenters. The highest BCUT2D eigenvalue weighted by atomic mass is 32.1. The third kappa shape index (κ3) is 4.10. The predicted octanol–water partition coefficient (Wildman–Crippen LogP) is 4.39. The van der Waals surface area contributed by atoms with Crippen LogP contribution in [-0.2, 0) is 4.79 Å². The van der Waals surface area contributed by atoms with E-state index in [2.05, 4.69) is 0 Å². The number of likely N-dealkylation sites (tertiary alicyclic amines) is 1. The molecule has 0 spiro atoms. The van der Waals surface area contributed by atoms with Crippen LogP contribution in [0.15, 0.2) is 36.4 Å². The summed E-state index contributed by atoms with van der Waals surface area (Å²) < 4.78 is 5.29. The topological polar surface area (TPSA) is 46.6 Å². The Balaban J connectivity index is 1.63. The number of hydrogen-bond donors (Lipinski definition) is 0. The number of hydrogen-bond acceptors (Lipinski definition) is 4. The van der Waals surface area contributed by atoms with Crippen LogP contribution in [0.25, 0.3) is 0 Å². The van der Waals surface area contributed by atoms with Crippen LogP contribution in [-0.4, -0.2) is 30.2 Å². The smallest absolute Gasteiger partial charge is 0.223 e. The molecular weight excluding hydrogens is 334 g/mol. The summed E-state index contributed by atoms with van der Waals surface area (Å²) in [5, 5.41) is 0. The fourth-order valence-electron chi connectivity index (χ4n) is 3.33.